The van der Waals surface area contributed by atoms with Gasteiger partial charge in [-0.25, -0.2) is 0 Å². The number of carbonyl (C=O) groups is 1. The van der Waals surface area contributed by atoms with Crippen LogP contribution >= 0.6 is 0 Å². The summed E-state index contributed by atoms with van der Waals surface area (Å²) in [6.07, 6.45) is 0.434. The Kier molecular flexibility index (Phi) is 3.58. The second-order valence-corrected chi connectivity index (χ2v) is 3.96. The number of aromatic amines is 1. The van der Waals surface area contributed by atoms with Crippen molar-refractivity contribution >= 4 is 11.6 Å². The second kappa shape index (κ2) is 5.14. The molecule has 5 nitrogen and oxygen atoms in total. The molecule has 0 aliphatic carbocycles. The van der Waals surface area contributed by atoms with Crippen LogP contribution in [0.1, 0.15) is 23.7 Å². The fraction of sp³-hybridized carbons (Fsp3) is 0.500. The van der Waals surface area contributed by atoms with Gasteiger partial charge in [0.2, 0.25) is 5.56 Å². The van der Waals surface area contributed by atoms with Gasteiger partial charge >= 0.3 is 0 Å². The van der Waals surface area contributed by atoms with Crippen molar-refractivity contribution in [2.75, 3.05) is 31.2 Å². The van der Waals surface area contributed by atoms with E-state index in [2.05, 4.69) is 4.98 Å². The molecule has 0 atom stereocenters. The van der Waals surface area contributed by atoms with Crippen LogP contribution in [-0.4, -0.2) is 37.1 Å². The Balaban J connectivity index is 2.38. The first-order valence-corrected chi connectivity index (χ1v) is 5.81. The number of ether oxygens (including phenoxy) is 1. The summed E-state index contributed by atoms with van der Waals surface area (Å²) in [6, 6.07) is 3.00. The molecule has 0 radical (unpaired) electrons. The van der Waals surface area contributed by atoms with Gasteiger partial charge in [-0.05, 0) is 6.07 Å². The predicted octanol–water partition coefficient (Wildman–Crippen LogP) is 0.804. The summed E-state index contributed by atoms with van der Waals surface area (Å²) in [5.74, 6) is 0.676. The van der Waals surface area contributed by atoms with Gasteiger partial charge in [-0.3, -0.25) is 9.59 Å². The zero-order valence-corrected chi connectivity index (χ0v) is 9.86. The summed E-state index contributed by atoms with van der Waals surface area (Å²) in [4.78, 5) is 27.9. The van der Waals surface area contributed by atoms with E-state index in [-0.39, 0.29) is 11.3 Å². The highest BCUT2D eigenvalue weighted by Gasteiger charge is 2.18. The Hall–Kier alpha value is -1.62. The molecule has 0 spiro atoms. The number of Topliss-reactive ketones (excluding diaryl/α,β-unsaturated/α-hetero) is 1. The molecule has 2 rings (SSSR count). The summed E-state index contributed by atoms with van der Waals surface area (Å²) in [7, 11) is 0. The number of H-pyrrole nitrogens is 1. The van der Waals surface area contributed by atoms with Crippen molar-refractivity contribution in [3.05, 3.63) is 28.0 Å². The molecule has 0 bridgehead atoms. The minimum Gasteiger partial charge on any atom is -0.378 e. The zero-order chi connectivity index (χ0) is 12.3. The van der Waals surface area contributed by atoms with Crippen LogP contribution in [0, 0.1) is 0 Å². The Morgan fingerprint density at radius 2 is 2.12 bits per heavy atom. The van der Waals surface area contributed by atoms with E-state index in [1.165, 1.54) is 6.07 Å². The molecule has 1 aromatic rings. The molecule has 1 aromatic heterocycles. The van der Waals surface area contributed by atoms with E-state index >= 15 is 0 Å². The lowest BCUT2D eigenvalue weighted by Crippen LogP contribution is -2.38. The van der Waals surface area contributed by atoms with Crippen molar-refractivity contribution < 1.29 is 9.53 Å². The third-order valence-corrected chi connectivity index (χ3v) is 2.85. The number of hydrogen-bond acceptors (Lipinski definition) is 4. The number of nitrogens with one attached hydrogen (secondary N) is 1. The SMILES string of the molecule is CCC(=O)c1ccc(=O)[nH]c1N1CCOCC1. The first-order valence-electron chi connectivity index (χ1n) is 5.81. The van der Waals surface area contributed by atoms with Crippen LogP contribution in [0.2, 0.25) is 0 Å². The van der Waals surface area contributed by atoms with Crippen LogP contribution in [0.5, 0.6) is 0 Å². The number of hydrogen-bond donors (Lipinski definition) is 1. The highest BCUT2D eigenvalue weighted by Crippen LogP contribution is 2.18. The normalized spacial score (nSPS) is 15.9. The summed E-state index contributed by atoms with van der Waals surface area (Å²) in [5, 5.41) is 0. The van der Waals surface area contributed by atoms with E-state index < -0.39 is 0 Å². The molecule has 0 aromatic carbocycles. The van der Waals surface area contributed by atoms with Gasteiger partial charge in [-0.2, -0.15) is 0 Å². The molecular formula is C12H16N2O3. The third kappa shape index (κ3) is 2.55. The number of anilines is 1. The molecule has 17 heavy (non-hydrogen) atoms. The second-order valence-electron chi connectivity index (χ2n) is 3.96. The topological polar surface area (TPSA) is 62.4 Å². The fourth-order valence-electron chi connectivity index (χ4n) is 1.92. The summed E-state index contributed by atoms with van der Waals surface area (Å²) >= 11 is 0. The van der Waals surface area contributed by atoms with E-state index in [0.717, 1.165) is 0 Å². The predicted molar refractivity (Wildman–Crippen MR) is 64.7 cm³/mol. The molecular weight excluding hydrogens is 220 g/mol. The number of ketones is 1. The van der Waals surface area contributed by atoms with Crippen LogP contribution in [0.3, 0.4) is 0 Å². The molecule has 92 valence electrons. The first kappa shape index (κ1) is 11.9. The highest BCUT2D eigenvalue weighted by atomic mass is 16.5. The van der Waals surface area contributed by atoms with Gasteiger partial charge in [0.25, 0.3) is 0 Å². The number of carbonyl (C=O) groups excluding carboxylic acids is 1. The van der Waals surface area contributed by atoms with E-state index in [1.54, 1.807) is 6.07 Å². The average Bonchev–Trinajstić information content (AvgIpc) is 2.39. The van der Waals surface area contributed by atoms with Crippen molar-refractivity contribution in [1.29, 1.82) is 0 Å². The van der Waals surface area contributed by atoms with Crippen LogP contribution in [0.25, 0.3) is 0 Å². The van der Waals surface area contributed by atoms with Gasteiger partial charge < -0.3 is 14.6 Å². The standard InChI is InChI=1S/C12H16N2O3/c1-2-10(15)9-3-4-11(16)13-12(9)14-5-7-17-8-6-14/h3-4H,2,5-8H2,1H3,(H,13,16). The molecule has 1 N–H and O–H groups in total. The lowest BCUT2D eigenvalue weighted by atomic mass is 10.1. The molecule has 5 heteroatoms. The summed E-state index contributed by atoms with van der Waals surface area (Å²) in [5.41, 5.74) is 0.410. The largest absolute Gasteiger partial charge is 0.378 e. The molecule has 0 saturated carbocycles. The van der Waals surface area contributed by atoms with Crippen molar-refractivity contribution in [3.63, 3.8) is 0 Å². The lowest BCUT2D eigenvalue weighted by Gasteiger charge is -2.29. The number of pyridine rings is 1. The quantitative estimate of drug-likeness (QED) is 0.789. The zero-order valence-electron chi connectivity index (χ0n) is 9.86. The van der Waals surface area contributed by atoms with Crippen LogP contribution < -0.4 is 10.5 Å². The molecule has 1 fully saturated rings. The highest BCUT2D eigenvalue weighted by molar-refractivity contribution is 6.00. The van der Waals surface area contributed by atoms with Crippen molar-refractivity contribution in [2.45, 2.75) is 13.3 Å². The Morgan fingerprint density at radius 1 is 1.41 bits per heavy atom. The lowest BCUT2D eigenvalue weighted by molar-refractivity contribution is 0.0986. The monoisotopic (exact) mass is 236 g/mol. The maximum atomic E-state index is 11.8. The van der Waals surface area contributed by atoms with Crippen LogP contribution in [0.15, 0.2) is 16.9 Å². The first-order chi connectivity index (χ1) is 8.22. The van der Waals surface area contributed by atoms with Gasteiger partial charge in [0, 0.05) is 25.6 Å². The number of aromatic nitrogens is 1. The van der Waals surface area contributed by atoms with Crippen molar-refractivity contribution in [2.24, 2.45) is 0 Å². The van der Waals surface area contributed by atoms with Crippen molar-refractivity contribution in [3.8, 4) is 0 Å². The number of morpholine rings is 1. The molecule has 0 amide bonds. The van der Waals surface area contributed by atoms with E-state index in [4.69, 9.17) is 4.74 Å². The van der Waals surface area contributed by atoms with Gasteiger partial charge in [-0.15, -0.1) is 0 Å². The third-order valence-electron chi connectivity index (χ3n) is 2.85. The van der Waals surface area contributed by atoms with E-state index in [9.17, 15) is 9.59 Å². The van der Waals surface area contributed by atoms with Crippen molar-refractivity contribution in [1.82, 2.24) is 4.98 Å². The van der Waals surface area contributed by atoms with Gasteiger partial charge in [0.1, 0.15) is 5.82 Å². The Labute approximate surface area is 99.4 Å². The van der Waals surface area contributed by atoms with Gasteiger partial charge in [-0.1, -0.05) is 6.92 Å². The maximum absolute atomic E-state index is 11.8. The maximum Gasteiger partial charge on any atom is 0.249 e. The number of nitrogens with zero attached hydrogens (tertiary/aromatic N) is 1. The molecule has 1 saturated heterocycles. The fourth-order valence-corrected chi connectivity index (χ4v) is 1.92. The summed E-state index contributed by atoms with van der Waals surface area (Å²) in [6.45, 7) is 4.46. The molecule has 1 aliphatic heterocycles. The minimum atomic E-state index is -0.181. The average molecular weight is 236 g/mol. The van der Waals surface area contributed by atoms with Crippen LogP contribution in [0.4, 0.5) is 5.82 Å². The van der Waals surface area contributed by atoms with E-state index in [0.29, 0.717) is 44.1 Å². The molecule has 2 heterocycles. The van der Waals surface area contributed by atoms with Crippen LogP contribution in [-0.2, 0) is 4.74 Å². The van der Waals surface area contributed by atoms with Gasteiger partial charge in [0.15, 0.2) is 5.78 Å². The Bertz CT molecular complexity index is 461. The van der Waals surface area contributed by atoms with Gasteiger partial charge in [0.05, 0.1) is 18.8 Å². The Morgan fingerprint density at radius 3 is 2.76 bits per heavy atom. The summed E-state index contributed by atoms with van der Waals surface area (Å²) < 4.78 is 5.26. The van der Waals surface area contributed by atoms with E-state index in [1.807, 2.05) is 11.8 Å². The molecule has 0 unspecified atom stereocenters. The minimum absolute atomic E-state index is 0.0442. The molecule has 1 aliphatic rings. The smallest absolute Gasteiger partial charge is 0.249 e. The number of rotatable bonds is 3.